The van der Waals surface area contributed by atoms with Crippen LogP contribution in [-0.2, 0) is 14.3 Å². The van der Waals surface area contributed by atoms with E-state index >= 15 is 0 Å². The number of carboxylic acid groups (broad SMARTS) is 2. The second-order valence-corrected chi connectivity index (χ2v) is 6.67. The number of amides is 1. The molecule has 1 unspecified atom stereocenters. The summed E-state index contributed by atoms with van der Waals surface area (Å²) in [4.78, 5) is 42.1. The van der Waals surface area contributed by atoms with Crippen molar-refractivity contribution < 1.29 is 51.9 Å². The normalized spacial score (nSPS) is 12.1. The van der Waals surface area contributed by atoms with Crippen molar-refractivity contribution in [1.82, 2.24) is 5.32 Å². The number of carboxylic acids is 2. The van der Waals surface area contributed by atoms with Crippen molar-refractivity contribution in [2.75, 3.05) is 34.3 Å². The summed E-state index contributed by atoms with van der Waals surface area (Å²) < 4.78 is 37.0. The zero-order valence-corrected chi connectivity index (χ0v) is 16.1. The molecule has 1 rings (SSSR count). The number of likely N-dealkylation sites (N-methyl/N-ethyl adjacent to an activating group) is 1. The highest BCUT2D eigenvalue weighted by atomic mass is 19.4. The summed E-state index contributed by atoms with van der Waals surface area (Å²) in [6.07, 6.45) is -6.14. The summed E-state index contributed by atoms with van der Waals surface area (Å²) >= 11 is 0. The smallest absolute Gasteiger partial charge is 0.430 e. The summed E-state index contributed by atoms with van der Waals surface area (Å²) in [5, 5.41) is 31.2. The van der Waals surface area contributed by atoms with Gasteiger partial charge < -0.3 is 29.5 Å². The molecule has 0 saturated heterocycles. The van der Waals surface area contributed by atoms with Crippen LogP contribution in [0.2, 0.25) is 0 Å². The molecule has 0 radical (unpaired) electrons. The number of carbonyl (C=O) groups is 3. The number of alkyl carbamates (subject to hydrolysis) is 1. The van der Waals surface area contributed by atoms with Crippen LogP contribution >= 0.6 is 0 Å². The first kappa shape index (κ1) is 26.6. The Bertz CT molecular complexity index is 778. The molecular formula is C16H20F3N3O8. The molecule has 0 aliphatic carbocycles. The maximum absolute atomic E-state index is 11.7. The van der Waals surface area contributed by atoms with Gasteiger partial charge in [-0.1, -0.05) is 12.1 Å². The number of nitrogens with zero attached hydrogens (tertiary/aromatic N) is 2. The average Bonchev–Trinajstić information content (AvgIpc) is 2.58. The number of nitro benzene ring substituents is 1. The fourth-order valence-corrected chi connectivity index (χ4v) is 1.74. The fraction of sp³-hybridized carbons (Fsp3) is 0.438. The molecule has 0 fully saturated rings. The van der Waals surface area contributed by atoms with Gasteiger partial charge in [-0.15, -0.1) is 0 Å². The van der Waals surface area contributed by atoms with E-state index in [1.807, 2.05) is 21.1 Å². The van der Waals surface area contributed by atoms with Gasteiger partial charge in [0.05, 0.1) is 31.6 Å². The predicted molar refractivity (Wildman–Crippen MR) is 91.9 cm³/mol. The lowest BCUT2D eigenvalue weighted by Gasteiger charge is -2.23. The van der Waals surface area contributed by atoms with Gasteiger partial charge in [0.2, 0.25) is 0 Å². The maximum Gasteiger partial charge on any atom is 0.430 e. The van der Waals surface area contributed by atoms with Crippen LogP contribution in [0.4, 0.5) is 23.7 Å². The van der Waals surface area contributed by atoms with Gasteiger partial charge in [0.15, 0.2) is 6.04 Å². The van der Waals surface area contributed by atoms with Gasteiger partial charge in [-0.2, -0.15) is 13.2 Å². The number of nitrogens with one attached hydrogen (secondary N) is 1. The van der Waals surface area contributed by atoms with Crippen LogP contribution in [0, 0.1) is 10.1 Å². The van der Waals surface area contributed by atoms with Crippen LogP contribution in [0.5, 0.6) is 0 Å². The zero-order chi connectivity index (χ0) is 23.7. The Morgan fingerprint density at radius 1 is 1.23 bits per heavy atom. The van der Waals surface area contributed by atoms with Crippen LogP contribution in [-0.4, -0.2) is 73.0 Å². The van der Waals surface area contributed by atoms with Crippen molar-refractivity contribution in [3.05, 3.63) is 39.9 Å². The van der Waals surface area contributed by atoms with Crippen LogP contribution in [0.1, 0.15) is 11.6 Å². The number of nitro groups is 1. The predicted octanol–water partition coefficient (Wildman–Crippen LogP) is 0.452. The quantitative estimate of drug-likeness (QED) is 0.352. The monoisotopic (exact) mass is 439 g/mol. The molecule has 0 aromatic heterocycles. The number of para-hydroxylation sites is 1. The van der Waals surface area contributed by atoms with E-state index in [1.54, 1.807) is 0 Å². The standard InChI is InChI=1S/C14H19N3O6.C2HF3O2/c1-17(2,3)8-9-23-14(20)15-12(13(18)19)10-6-4-5-7-11(10)16(21)22;3-2(4,5)1(6)7/h4-7,12H,8-9H2,1-3H3,(H-,15,18,19,20);(H,6,7). The highest BCUT2D eigenvalue weighted by Crippen LogP contribution is 2.25. The Kier molecular flexibility index (Phi) is 9.70. The first-order valence-electron chi connectivity index (χ1n) is 8.04. The molecule has 2 N–H and O–H groups in total. The van der Waals surface area contributed by atoms with E-state index in [1.165, 1.54) is 24.3 Å². The summed E-state index contributed by atoms with van der Waals surface area (Å²) in [5.41, 5.74) is -0.500. The Balaban J connectivity index is 0.00000103. The van der Waals surface area contributed by atoms with E-state index in [-0.39, 0.29) is 17.9 Å². The molecule has 0 aliphatic heterocycles. The Morgan fingerprint density at radius 2 is 1.73 bits per heavy atom. The summed E-state index contributed by atoms with van der Waals surface area (Å²) in [5.74, 6) is -4.42. The van der Waals surface area contributed by atoms with Gasteiger partial charge in [-0.25, -0.2) is 9.59 Å². The molecule has 168 valence electrons. The lowest BCUT2D eigenvalue weighted by molar-refractivity contribution is -0.870. The van der Waals surface area contributed by atoms with Crippen LogP contribution in [0.3, 0.4) is 0 Å². The molecule has 0 spiro atoms. The van der Waals surface area contributed by atoms with E-state index in [0.717, 1.165) is 0 Å². The SMILES string of the molecule is C[N+](C)(C)CCOC(=O)NC(C(=O)O)c1ccccc1[N+](=O)[O-].O=C([O-])C(F)(F)F. The summed E-state index contributed by atoms with van der Waals surface area (Å²) in [6.45, 7) is 0.634. The van der Waals surface area contributed by atoms with Crippen molar-refractivity contribution in [3.63, 3.8) is 0 Å². The van der Waals surface area contributed by atoms with E-state index in [9.17, 15) is 38.0 Å². The third-order valence-corrected chi connectivity index (χ3v) is 3.18. The molecule has 1 aromatic carbocycles. The van der Waals surface area contributed by atoms with Crippen molar-refractivity contribution in [2.24, 2.45) is 0 Å². The fourth-order valence-electron chi connectivity index (χ4n) is 1.74. The lowest BCUT2D eigenvalue weighted by atomic mass is 10.1. The lowest BCUT2D eigenvalue weighted by Crippen LogP contribution is -2.40. The molecule has 0 aliphatic rings. The third kappa shape index (κ3) is 10.2. The minimum Gasteiger partial charge on any atom is -0.542 e. The molecule has 1 aromatic rings. The number of carbonyl (C=O) groups excluding carboxylic acids is 2. The molecular weight excluding hydrogens is 419 g/mol. The minimum atomic E-state index is -5.19. The first-order valence-corrected chi connectivity index (χ1v) is 8.04. The van der Waals surface area contributed by atoms with Gasteiger partial charge in [-0.05, 0) is 6.07 Å². The number of rotatable bonds is 7. The number of benzene rings is 1. The summed E-state index contributed by atoms with van der Waals surface area (Å²) in [6, 6.07) is 3.77. The van der Waals surface area contributed by atoms with Crippen molar-refractivity contribution in [1.29, 1.82) is 0 Å². The van der Waals surface area contributed by atoms with E-state index in [2.05, 4.69) is 5.32 Å². The van der Waals surface area contributed by atoms with Crippen molar-refractivity contribution in [3.8, 4) is 0 Å². The van der Waals surface area contributed by atoms with E-state index in [4.69, 9.17) is 14.6 Å². The maximum atomic E-state index is 11.7. The Labute approximate surface area is 168 Å². The van der Waals surface area contributed by atoms with Crippen LogP contribution < -0.4 is 10.4 Å². The molecule has 30 heavy (non-hydrogen) atoms. The largest absolute Gasteiger partial charge is 0.542 e. The van der Waals surface area contributed by atoms with Gasteiger partial charge in [-0.3, -0.25) is 10.1 Å². The van der Waals surface area contributed by atoms with Crippen LogP contribution in [0.25, 0.3) is 0 Å². The van der Waals surface area contributed by atoms with E-state index in [0.29, 0.717) is 11.0 Å². The highest BCUT2D eigenvalue weighted by molar-refractivity contribution is 5.82. The number of ether oxygens (including phenoxy) is 1. The highest BCUT2D eigenvalue weighted by Gasteiger charge is 2.30. The first-order chi connectivity index (χ1) is 13.6. The number of halogens is 3. The average molecular weight is 439 g/mol. The molecule has 1 atom stereocenters. The molecule has 11 nitrogen and oxygen atoms in total. The van der Waals surface area contributed by atoms with Crippen LogP contribution in [0.15, 0.2) is 24.3 Å². The van der Waals surface area contributed by atoms with E-state index < -0.39 is 35.2 Å². The zero-order valence-electron chi connectivity index (χ0n) is 16.1. The minimum absolute atomic E-state index is 0.0958. The van der Waals surface area contributed by atoms with Gasteiger partial charge in [0, 0.05) is 6.07 Å². The van der Waals surface area contributed by atoms with Crippen molar-refractivity contribution in [2.45, 2.75) is 12.2 Å². The molecule has 0 bridgehead atoms. The number of quaternary nitrogens is 1. The summed E-state index contributed by atoms with van der Waals surface area (Å²) in [7, 11) is 5.73. The third-order valence-electron chi connectivity index (χ3n) is 3.18. The second kappa shape index (κ2) is 10.9. The second-order valence-electron chi connectivity index (χ2n) is 6.67. The Morgan fingerprint density at radius 3 is 2.13 bits per heavy atom. The molecule has 0 saturated carbocycles. The topological polar surface area (TPSA) is 159 Å². The molecule has 14 heteroatoms. The number of aliphatic carboxylic acids is 2. The number of hydrogen-bond acceptors (Lipinski definition) is 7. The molecule has 0 heterocycles. The Hall–Kier alpha value is -3.42. The number of alkyl halides is 3. The van der Waals surface area contributed by atoms with Crippen molar-refractivity contribution >= 4 is 23.7 Å². The van der Waals surface area contributed by atoms with Gasteiger partial charge >= 0.3 is 18.2 Å². The van der Waals surface area contributed by atoms with Gasteiger partial charge in [0.25, 0.3) is 5.69 Å². The number of hydrogen-bond donors (Lipinski definition) is 2. The van der Waals surface area contributed by atoms with Gasteiger partial charge in [0.1, 0.15) is 19.1 Å². The molecule has 1 amide bonds.